The van der Waals surface area contributed by atoms with E-state index in [1.165, 1.54) is 12.1 Å². The molecule has 164 valence electrons. The zero-order valence-corrected chi connectivity index (χ0v) is 18.0. The molecule has 4 aromatic rings. The topological polar surface area (TPSA) is 64.6 Å². The second-order valence-corrected chi connectivity index (χ2v) is 8.07. The van der Waals surface area contributed by atoms with Crippen molar-refractivity contribution >= 4 is 11.6 Å². The van der Waals surface area contributed by atoms with Crippen molar-refractivity contribution in [2.45, 2.75) is 6.54 Å². The Morgan fingerprint density at radius 2 is 1.70 bits per heavy atom. The first-order valence-corrected chi connectivity index (χ1v) is 10.9. The summed E-state index contributed by atoms with van der Waals surface area (Å²) in [5.41, 5.74) is 4.50. The monoisotopic (exact) mass is 439 g/mol. The summed E-state index contributed by atoms with van der Waals surface area (Å²) in [4.78, 5) is 21.6. The van der Waals surface area contributed by atoms with Crippen LogP contribution in [-0.2, 0) is 6.54 Å². The van der Waals surface area contributed by atoms with Crippen molar-refractivity contribution in [3.05, 3.63) is 95.6 Å². The molecule has 2 aromatic carbocycles. The quantitative estimate of drug-likeness (QED) is 0.483. The fraction of sp³-hybridized carbons (Fsp3) is 0.192. The molecule has 0 bridgehead atoms. The molecule has 2 aromatic heterocycles. The van der Waals surface area contributed by atoms with Gasteiger partial charge >= 0.3 is 0 Å². The minimum absolute atomic E-state index is 0.121. The van der Waals surface area contributed by atoms with Gasteiger partial charge in [0.2, 0.25) is 0 Å². The molecule has 7 heteroatoms. The normalized spacial score (nSPS) is 14.4. The number of benzene rings is 2. The molecule has 5 rings (SSSR count). The third-order valence-corrected chi connectivity index (χ3v) is 6.05. The lowest BCUT2D eigenvalue weighted by Gasteiger charge is -2.34. The molecule has 6 nitrogen and oxygen atoms in total. The van der Waals surface area contributed by atoms with Crippen LogP contribution in [0.15, 0.2) is 72.9 Å². The van der Waals surface area contributed by atoms with Gasteiger partial charge in [0, 0.05) is 44.5 Å². The Labute approximate surface area is 191 Å². The van der Waals surface area contributed by atoms with Crippen molar-refractivity contribution in [2.75, 3.05) is 26.2 Å². The molecule has 0 unspecified atom stereocenters. The third-order valence-electron chi connectivity index (χ3n) is 6.05. The molecule has 0 saturated carbocycles. The first-order chi connectivity index (χ1) is 16.1. The zero-order chi connectivity index (χ0) is 22.8. The maximum absolute atomic E-state index is 14.0. The molecule has 3 heterocycles. The van der Waals surface area contributed by atoms with Gasteiger partial charge in [0.25, 0.3) is 5.91 Å². The number of nitrogens with zero attached hydrogens (tertiary/aromatic N) is 5. The van der Waals surface area contributed by atoms with Crippen molar-refractivity contribution in [3.63, 3.8) is 0 Å². The van der Waals surface area contributed by atoms with Gasteiger partial charge < -0.3 is 9.30 Å². The van der Waals surface area contributed by atoms with Crippen LogP contribution in [0.1, 0.15) is 21.6 Å². The fourth-order valence-electron chi connectivity index (χ4n) is 4.26. The van der Waals surface area contributed by atoms with E-state index in [4.69, 9.17) is 10.2 Å². The average Bonchev–Trinajstić information content (AvgIpc) is 3.23. The summed E-state index contributed by atoms with van der Waals surface area (Å²) >= 11 is 0. The summed E-state index contributed by atoms with van der Waals surface area (Å²) in [7, 11) is 0. The third kappa shape index (κ3) is 4.09. The minimum atomic E-state index is -0.484. The highest BCUT2D eigenvalue weighted by Gasteiger charge is 2.25. The molecule has 1 fully saturated rings. The molecule has 1 saturated heterocycles. The van der Waals surface area contributed by atoms with E-state index in [1.807, 2.05) is 36.5 Å². The molecule has 1 aliphatic heterocycles. The summed E-state index contributed by atoms with van der Waals surface area (Å²) in [5.74, 6) is -0.747. The van der Waals surface area contributed by atoms with Crippen molar-refractivity contribution in [2.24, 2.45) is 0 Å². The lowest BCUT2D eigenvalue weighted by molar-refractivity contribution is 0.0622. The number of rotatable bonds is 4. The Bertz CT molecular complexity index is 1350. The second kappa shape index (κ2) is 8.85. The van der Waals surface area contributed by atoms with E-state index >= 15 is 0 Å². The van der Waals surface area contributed by atoms with Gasteiger partial charge in [-0.05, 0) is 36.4 Å². The first-order valence-electron chi connectivity index (χ1n) is 10.9. The van der Waals surface area contributed by atoms with Gasteiger partial charge in [-0.3, -0.25) is 9.69 Å². The van der Waals surface area contributed by atoms with Crippen LogP contribution in [0.2, 0.25) is 0 Å². The Morgan fingerprint density at radius 1 is 0.970 bits per heavy atom. The first kappa shape index (κ1) is 20.9. The van der Waals surface area contributed by atoms with E-state index in [2.05, 4.69) is 15.4 Å². The van der Waals surface area contributed by atoms with E-state index in [0.29, 0.717) is 38.3 Å². The molecule has 0 spiro atoms. The number of piperazine rings is 1. The number of aromatic nitrogens is 2. The highest BCUT2D eigenvalue weighted by Crippen LogP contribution is 2.26. The van der Waals surface area contributed by atoms with Gasteiger partial charge in [-0.1, -0.05) is 30.3 Å². The zero-order valence-electron chi connectivity index (χ0n) is 18.0. The SMILES string of the molecule is N#Cc1ccc(-c2nc3ccccn3c2CN2CCN(C(=O)c3ccccc3F)CC2)cc1. The molecular formula is C26H22FN5O. The number of imidazole rings is 1. The average molecular weight is 439 g/mol. The number of carbonyl (C=O) groups is 1. The van der Waals surface area contributed by atoms with Gasteiger partial charge in [-0.25, -0.2) is 9.37 Å². The molecule has 1 amide bonds. The molecule has 0 N–H and O–H groups in total. The molecule has 0 aliphatic carbocycles. The number of hydrogen-bond donors (Lipinski definition) is 0. The highest BCUT2D eigenvalue weighted by atomic mass is 19.1. The van der Waals surface area contributed by atoms with Crippen LogP contribution in [0.3, 0.4) is 0 Å². The predicted molar refractivity (Wildman–Crippen MR) is 123 cm³/mol. The Morgan fingerprint density at radius 3 is 2.42 bits per heavy atom. The van der Waals surface area contributed by atoms with Gasteiger partial charge in [0.15, 0.2) is 0 Å². The lowest BCUT2D eigenvalue weighted by atomic mass is 10.1. The van der Waals surface area contributed by atoms with Gasteiger partial charge in [0.1, 0.15) is 11.5 Å². The largest absolute Gasteiger partial charge is 0.336 e. The van der Waals surface area contributed by atoms with Crippen LogP contribution in [0.4, 0.5) is 4.39 Å². The van der Waals surface area contributed by atoms with Crippen LogP contribution >= 0.6 is 0 Å². The number of amides is 1. The lowest BCUT2D eigenvalue weighted by Crippen LogP contribution is -2.48. The van der Waals surface area contributed by atoms with Crippen molar-refractivity contribution in [3.8, 4) is 17.3 Å². The van der Waals surface area contributed by atoms with Crippen LogP contribution in [-0.4, -0.2) is 51.3 Å². The summed E-state index contributed by atoms with van der Waals surface area (Å²) in [5, 5.41) is 9.11. The summed E-state index contributed by atoms with van der Waals surface area (Å²) < 4.78 is 16.1. The second-order valence-electron chi connectivity index (χ2n) is 8.07. The molecule has 0 atom stereocenters. The fourth-order valence-corrected chi connectivity index (χ4v) is 4.26. The summed E-state index contributed by atoms with van der Waals surface area (Å²) in [6.07, 6.45) is 2.00. The van der Waals surface area contributed by atoms with Crippen LogP contribution in [0.25, 0.3) is 16.9 Å². The van der Waals surface area contributed by atoms with E-state index < -0.39 is 5.82 Å². The number of fused-ring (bicyclic) bond motifs is 1. The van der Waals surface area contributed by atoms with Crippen LogP contribution in [0.5, 0.6) is 0 Å². The molecule has 33 heavy (non-hydrogen) atoms. The maximum Gasteiger partial charge on any atom is 0.256 e. The molecule has 0 radical (unpaired) electrons. The van der Waals surface area contributed by atoms with Gasteiger partial charge in [0.05, 0.1) is 28.6 Å². The standard InChI is InChI=1S/C26H22FN5O/c27-22-6-2-1-5-21(22)26(33)31-15-13-30(14-16-31)18-23-25(20-10-8-19(17-28)9-11-20)29-24-7-3-4-12-32(23)24/h1-12H,13-16,18H2. The smallest absolute Gasteiger partial charge is 0.256 e. The number of pyridine rings is 1. The van der Waals surface area contributed by atoms with Crippen molar-refractivity contribution < 1.29 is 9.18 Å². The predicted octanol–water partition coefficient (Wildman–Crippen LogP) is 3.97. The number of halogens is 1. The Hall–Kier alpha value is -4.02. The molecule has 1 aliphatic rings. The Balaban J connectivity index is 1.36. The van der Waals surface area contributed by atoms with Crippen molar-refractivity contribution in [1.29, 1.82) is 5.26 Å². The van der Waals surface area contributed by atoms with Crippen LogP contribution in [0, 0.1) is 17.1 Å². The number of carbonyl (C=O) groups excluding carboxylic acids is 1. The summed E-state index contributed by atoms with van der Waals surface area (Å²) in [6, 6.07) is 21.6. The van der Waals surface area contributed by atoms with E-state index in [-0.39, 0.29) is 11.5 Å². The van der Waals surface area contributed by atoms with E-state index in [0.717, 1.165) is 22.6 Å². The van der Waals surface area contributed by atoms with Gasteiger partial charge in [-0.2, -0.15) is 5.26 Å². The minimum Gasteiger partial charge on any atom is -0.336 e. The van der Waals surface area contributed by atoms with Crippen molar-refractivity contribution in [1.82, 2.24) is 19.2 Å². The number of nitriles is 1. The summed E-state index contributed by atoms with van der Waals surface area (Å²) in [6.45, 7) is 3.12. The van der Waals surface area contributed by atoms with Gasteiger partial charge in [-0.15, -0.1) is 0 Å². The molecular weight excluding hydrogens is 417 g/mol. The number of hydrogen-bond acceptors (Lipinski definition) is 4. The van der Waals surface area contributed by atoms with Crippen LogP contribution < -0.4 is 0 Å². The Kier molecular flexibility index (Phi) is 5.59. The van der Waals surface area contributed by atoms with E-state index in [1.54, 1.807) is 29.2 Å². The highest BCUT2D eigenvalue weighted by molar-refractivity contribution is 5.94. The van der Waals surface area contributed by atoms with E-state index in [9.17, 15) is 9.18 Å². The maximum atomic E-state index is 14.0.